The lowest BCUT2D eigenvalue weighted by Gasteiger charge is -2.34. The average Bonchev–Trinajstić information content (AvgIpc) is 3.15. The molecule has 5 rings (SSSR count). The SMILES string of the molecule is CC(=O)N1CCN(Cc2ccc3c(c2)CCC(n2cnc4cc(I)sc4c2=O)C3)CC1. The van der Waals surface area contributed by atoms with Crippen LogP contribution >= 0.6 is 33.9 Å². The van der Waals surface area contributed by atoms with E-state index in [4.69, 9.17) is 0 Å². The van der Waals surface area contributed by atoms with Crippen molar-refractivity contribution in [2.45, 2.75) is 38.8 Å². The molecule has 0 saturated carbocycles. The van der Waals surface area contributed by atoms with Crippen LogP contribution in [0.15, 0.2) is 35.4 Å². The first-order valence-electron chi connectivity index (χ1n) is 10.7. The fraction of sp³-hybridized carbons (Fsp3) is 0.435. The number of carbonyl (C=O) groups excluding carboxylic acids is 1. The molecule has 1 aliphatic carbocycles. The van der Waals surface area contributed by atoms with Gasteiger partial charge in [0.15, 0.2) is 0 Å². The Bertz CT molecular complexity index is 1200. The molecule has 2 aliphatic rings. The normalized spacial score (nSPS) is 19.5. The Labute approximate surface area is 199 Å². The van der Waals surface area contributed by atoms with Crippen LogP contribution in [0.25, 0.3) is 10.2 Å². The highest BCUT2D eigenvalue weighted by Gasteiger charge is 2.23. The van der Waals surface area contributed by atoms with E-state index in [2.05, 4.69) is 50.7 Å². The van der Waals surface area contributed by atoms with E-state index < -0.39 is 0 Å². The zero-order chi connectivity index (χ0) is 21.5. The second-order valence-corrected chi connectivity index (χ2v) is 11.5. The molecular weight excluding hydrogens is 523 g/mol. The minimum Gasteiger partial charge on any atom is -0.340 e. The summed E-state index contributed by atoms with van der Waals surface area (Å²) in [4.78, 5) is 33.4. The van der Waals surface area contributed by atoms with Crippen LogP contribution < -0.4 is 5.56 Å². The molecule has 2 aromatic heterocycles. The van der Waals surface area contributed by atoms with E-state index >= 15 is 0 Å². The van der Waals surface area contributed by atoms with E-state index in [0.29, 0.717) is 0 Å². The van der Waals surface area contributed by atoms with Crippen molar-refractivity contribution in [3.8, 4) is 0 Å². The van der Waals surface area contributed by atoms with Gasteiger partial charge in [-0.1, -0.05) is 18.2 Å². The molecule has 1 aromatic carbocycles. The Kier molecular flexibility index (Phi) is 5.87. The summed E-state index contributed by atoms with van der Waals surface area (Å²) < 4.78 is 3.71. The van der Waals surface area contributed by atoms with Crippen LogP contribution in [0.4, 0.5) is 0 Å². The summed E-state index contributed by atoms with van der Waals surface area (Å²) in [6.45, 7) is 6.07. The second kappa shape index (κ2) is 8.63. The van der Waals surface area contributed by atoms with Crippen molar-refractivity contribution in [2.75, 3.05) is 26.2 Å². The lowest BCUT2D eigenvalue weighted by Crippen LogP contribution is -2.47. The highest BCUT2D eigenvalue weighted by atomic mass is 127. The van der Waals surface area contributed by atoms with Crippen molar-refractivity contribution in [1.82, 2.24) is 19.4 Å². The largest absolute Gasteiger partial charge is 0.340 e. The maximum absolute atomic E-state index is 13.0. The number of benzene rings is 1. The van der Waals surface area contributed by atoms with Crippen LogP contribution in [0, 0.1) is 2.88 Å². The second-order valence-electron chi connectivity index (χ2n) is 8.50. The third kappa shape index (κ3) is 4.29. The zero-order valence-electron chi connectivity index (χ0n) is 17.5. The maximum Gasteiger partial charge on any atom is 0.271 e. The van der Waals surface area contributed by atoms with Crippen LogP contribution in [-0.4, -0.2) is 51.4 Å². The number of hydrogen-bond acceptors (Lipinski definition) is 5. The molecule has 0 N–H and O–H groups in total. The van der Waals surface area contributed by atoms with Crippen molar-refractivity contribution in [3.63, 3.8) is 0 Å². The van der Waals surface area contributed by atoms with Crippen molar-refractivity contribution in [2.24, 2.45) is 0 Å². The quantitative estimate of drug-likeness (QED) is 0.471. The molecule has 3 heterocycles. The fourth-order valence-corrected chi connectivity index (χ4v) is 6.49. The Morgan fingerprint density at radius 1 is 1.19 bits per heavy atom. The number of piperazine rings is 1. The molecule has 1 fully saturated rings. The number of aryl methyl sites for hydroxylation is 1. The first-order chi connectivity index (χ1) is 15.0. The van der Waals surface area contributed by atoms with Crippen LogP contribution in [0.3, 0.4) is 0 Å². The molecule has 0 spiro atoms. The molecule has 1 amide bonds. The van der Waals surface area contributed by atoms with Crippen molar-refractivity contribution >= 4 is 50.1 Å². The minimum atomic E-state index is 0.0905. The number of rotatable bonds is 3. The molecule has 1 unspecified atom stereocenters. The van der Waals surface area contributed by atoms with Crippen LogP contribution in [0.2, 0.25) is 0 Å². The van der Waals surface area contributed by atoms with E-state index in [1.165, 1.54) is 28.0 Å². The highest BCUT2D eigenvalue weighted by molar-refractivity contribution is 14.1. The fourth-order valence-electron chi connectivity index (χ4n) is 4.76. The summed E-state index contributed by atoms with van der Waals surface area (Å²) in [5, 5.41) is 0. The van der Waals surface area contributed by atoms with Gasteiger partial charge >= 0.3 is 0 Å². The van der Waals surface area contributed by atoms with Crippen molar-refractivity contribution in [3.05, 3.63) is 60.5 Å². The van der Waals surface area contributed by atoms with Crippen LogP contribution in [-0.2, 0) is 24.2 Å². The van der Waals surface area contributed by atoms with Gasteiger partial charge in [0.05, 0.1) is 14.7 Å². The van der Waals surface area contributed by atoms with Crippen LogP contribution in [0.5, 0.6) is 0 Å². The average molecular weight is 548 g/mol. The Balaban J connectivity index is 1.29. The van der Waals surface area contributed by atoms with E-state index in [9.17, 15) is 9.59 Å². The summed E-state index contributed by atoms with van der Waals surface area (Å²) in [6.07, 6.45) is 4.56. The minimum absolute atomic E-state index is 0.0905. The van der Waals surface area contributed by atoms with Gasteiger partial charge < -0.3 is 4.90 Å². The molecule has 1 aliphatic heterocycles. The molecular formula is C23H25IN4O2S. The van der Waals surface area contributed by atoms with Gasteiger partial charge in [0, 0.05) is 45.7 Å². The summed E-state index contributed by atoms with van der Waals surface area (Å²) in [6, 6.07) is 8.96. The predicted molar refractivity (Wildman–Crippen MR) is 132 cm³/mol. The van der Waals surface area contributed by atoms with E-state index in [1.807, 2.05) is 15.5 Å². The molecule has 1 atom stereocenters. The zero-order valence-corrected chi connectivity index (χ0v) is 20.5. The monoisotopic (exact) mass is 548 g/mol. The molecule has 0 bridgehead atoms. The van der Waals surface area contributed by atoms with Gasteiger partial charge in [0.1, 0.15) is 4.70 Å². The smallest absolute Gasteiger partial charge is 0.271 e. The Hall–Kier alpha value is -1.78. The van der Waals surface area contributed by atoms with Gasteiger partial charge in [-0.2, -0.15) is 0 Å². The number of aromatic nitrogens is 2. The first kappa shape index (κ1) is 21.1. The lowest BCUT2D eigenvalue weighted by atomic mass is 9.87. The third-order valence-electron chi connectivity index (χ3n) is 6.52. The van der Waals surface area contributed by atoms with Gasteiger partial charge in [-0.15, -0.1) is 11.3 Å². The highest BCUT2D eigenvalue weighted by Crippen LogP contribution is 2.30. The van der Waals surface area contributed by atoms with Crippen molar-refractivity contribution < 1.29 is 4.79 Å². The molecule has 0 radical (unpaired) electrons. The number of halogens is 1. The Morgan fingerprint density at radius 3 is 2.77 bits per heavy atom. The summed E-state index contributed by atoms with van der Waals surface area (Å²) >= 11 is 3.78. The molecule has 31 heavy (non-hydrogen) atoms. The van der Waals surface area contributed by atoms with E-state index in [0.717, 1.165) is 65.1 Å². The summed E-state index contributed by atoms with van der Waals surface area (Å²) in [5.41, 5.74) is 4.98. The Morgan fingerprint density at radius 2 is 2.00 bits per heavy atom. The number of carbonyl (C=O) groups is 1. The number of nitrogens with zero attached hydrogens (tertiary/aromatic N) is 4. The summed E-state index contributed by atoms with van der Waals surface area (Å²) in [5.74, 6) is 0.172. The van der Waals surface area contributed by atoms with Crippen molar-refractivity contribution in [1.29, 1.82) is 0 Å². The molecule has 1 saturated heterocycles. The standard InChI is InChI=1S/C23H25IN4O2S/c1-15(29)27-8-6-26(7-9-27)13-16-2-3-18-11-19(5-4-17(18)10-16)28-14-25-20-12-21(24)31-22(20)23(28)30/h2-3,10,12,14,19H,4-9,11,13H2,1H3. The van der Waals surface area contributed by atoms with Gasteiger partial charge in [-0.05, 0) is 64.6 Å². The molecule has 6 nitrogen and oxygen atoms in total. The molecule has 162 valence electrons. The third-order valence-corrected chi connectivity index (χ3v) is 8.40. The number of thiophene rings is 1. The van der Waals surface area contributed by atoms with Gasteiger partial charge in [-0.25, -0.2) is 4.98 Å². The van der Waals surface area contributed by atoms with Crippen LogP contribution in [0.1, 0.15) is 36.1 Å². The molecule has 3 aromatic rings. The van der Waals surface area contributed by atoms with Gasteiger partial charge in [0.25, 0.3) is 5.56 Å². The number of fused-ring (bicyclic) bond motifs is 2. The lowest BCUT2D eigenvalue weighted by molar-refractivity contribution is -0.130. The number of amides is 1. The summed E-state index contributed by atoms with van der Waals surface area (Å²) in [7, 11) is 0. The van der Waals surface area contributed by atoms with Gasteiger partial charge in [-0.3, -0.25) is 19.1 Å². The number of hydrogen-bond donors (Lipinski definition) is 0. The topological polar surface area (TPSA) is 58.4 Å². The molecule has 8 heteroatoms. The predicted octanol–water partition coefficient (Wildman–Crippen LogP) is 3.46. The first-order valence-corrected chi connectivity index (χ1v) is 12.6. The maximum atomic E-state index is 13.0. The van der Waals surface area contributed by atoms with E-state index in [-0.39, 0.29) is 17.5 Å². The van der Waals surface area contributed by atoms with E-state index in [1.54, 1.807) is 13.3 Å². The van der Waals surface area contributed by atoms with Gasteiger partial charge in [0.2, 0.25) is 5.91 Å².